The molecule has 1 amide bonds. The number of thiophene rings is 1. The maximum absolute atomic E-state index is 13.4. The highest BCUT2D eigenvalue weighted by Crippen LogP contribution is 2.46. The predicted octanol–water partition coefficient (Wildman–Crippen LogP) is 6.03. The summed E-state index contributed by atoms with van der Waals surface area (Å²) in [4.78, 5) is 28.1. The average Bonchev–Trinajstić information content (AvgIpc) is 3.38. The van der Waals surface area contributed by atoms with Crippen LogP contribution in [0.1, 0.15) is 39.6 Å². The van der Waals surface area contributed by atoms with Crippen LogP contribution in [-0.4, -0.2) is 23.4 Å². The minimum absolute atomic E-state index is 0.0717. The van der Waals surface area contributed by atoms with Gasteiger partial charge in [0.05, 0.1) is 17.7 Å². The number of ether oxygens (including phenoxy) is 1. The number of hydrogen-bond acceptors (Lipinski definition) is 5. The highest BCUT2D eigenvalue weighted by molar-refractivity contribution is 7.10. The van der Waals surface area contributed by atoms with Crippen molar-refractivity contribution in [3.63, 3.8) is 0 Å². The fourth-order valence-corrected chi connectivity index (χ4v) is 5.53. The van der Waals surface area contributed by atoms with E-state index in [2.05, 4.69) is 0 Å². The van der Waals surface area contributed by atoms with E-state index < -0.39 is 29.5 Å². The first kappa shape index (κ1) is 23.2. The number of nitrogens with zero attached hydrogens (tertiary/aromatic N) is 1. The zero-order valence-corrected chi connectivity index (χ0v) is 19.4. The van der Waals surface area contributed by atoms with Gasteiger partial charge in [-0.2, -0.15) is 13.2 Å². The molecule has 0 radical (unpaired) electrons. The first-order valence-electron chi connectivity index (χ1n) is 10.9. The van der Waals surface area contributed by atoms with E-state index in [1.165, 1.54) is 23.5 Å². The van der Waals surface area contributed by atoms with E-state index in [0.29, 0.717) is 22.8 Å². The fourth-order valence-electron chi connectivity index (χ4n) is 4.51. The molecule has 35 heavy (non-hydrogen) atoms. The highest BCUT2D eigenvalue weighted by atomic mass is 32.1. The van der Waals surface area contributed by atoms with Crippen molar-refractivity contribution in [2.45, 2.75) is 32.0 Å². The van der Waals surface area contributed by atoms with E-state index >= 15 is 0 Å². The Morgan fingerprint density at radius 3 is 2.66 bits per heavy atom. The number of aliphatic hydroxyl groups excluding tert-OH is 1. The average molecular weight is 500 g/mol. The SMILES string of the molecule is Cc1ccsc1C1/C(=C(/O)c2ccc3c(c2)CCCO3)C(=O)C(=O)N1c1cccc(C(F)(F)F)c1. The van der Waals surface area contributed by atoms with E-state index in [-0.39, 0.29) is 17.0 Å². The maximum atomic E-state index is 13.4. The molecule has 5 nitrogen and oxygen atoms in total. The molecule has 1 unspecified atom stereocenters. The number of carbonyl (C=O) groups is 2. The second-order valence-corrected chi connectivity index (χ2v) is 9.41. The number of aryl methyl sites for hydroxylation is 2. The van der Waals surface area contributed by atoms with Gasteiger partial charge in [-0.05, 0) is 78.7 Å². The van der Waals surface area contributed by atoms with Crippen molar-refractivity contribution in [3.8, 4) is 5.75 Å². The molecule has 0 bridgehead atoms. The lowest BCUT2D eigenvalue weighted by molar-refractivity contribution is -0.137. The van der Waals surface area contributed by atoms with Crippen LogP contribution in [-0.2, 0) is 22.2 Å². The van der Waals surface area contributed by atoms with E-state index in [1.54, 1.807) is 36.6 Å². The zero-order chi connectivity index (χ0) is 24.9. The Balaban J connectivity index is 1.69. The van der Waals surface area contributed by atoms with Gasteiger partial charge in [0.25, 0.3) is 11.7 Å². The lowest BCUT2D eigenvalue weighted by Gasteiger charge is -2.25. The topological polar surface area (TPSA) is 66.8 Å². The van der Waals surface area contributed by atoms with E-state index in [4.69, 9.17) is 4.74 Å². The summed E-state index contributed by atoms with van der Waals surface area (Å²) in [7, 11) is 0. The fraction of sp³-hybridized carbons (Fsp3) is 0.231. The number of Topliss-reactive ketones (excluding diaryl/α,β-unsaturated/α-hetero) is 1. The summed E-state index contributed by atoms with van der Waals surface area (Å²) in [6.07, 6.45) is -3.07. The normalized spacial score (nSPS) is 19.5. The molecule has 180 valence electrons. The summed E-state index contributed by atoms with van der Waals surface area (Å²) in [5.41, 5.74) is 0.802. The van der Waals surface area contributed by atoms with Crippen LogP contribution in [0.5, 0.6) is 5.75 Å². The number of carbonyl (C=O) groups excluding carboxylic acids is 2. The molecule has 2 aliphatic heterocycles. The number of amides is 1. The molecular weight excluding hydrogens is 479 g/mol. The number of rotatable bonds is 3. The van der Waals surface area contributed by atoms with Crippen LogP contribution in [0.25, 0.3) is 5.76 Å². The van der Waals surface area contributed by atoms with Crippen LogP contribution < -0.4 is 9.64 Å². The smallest absolute Gasteiger partial charge is 0.416 e. The molecule has 0 spiro atoms. The Labute approximate surface area is 203 Å². The molecule has 1 N–H and O–H groups in total. The lowest BCUT2D eigenvalue weighted by Crippen LogP contribution is -2.29. The number of halogens is 3. The van der Waals surface area contributed by atoms with Crippen LogP contribution in [0.3, 0.4) is 0 Å². The van der Waals surface area contributed by atoms with Gasteiger partial charge in [-0.1, -0.05) is 6.07 Å². The number of benzene rings is 2. The van der Waals surface area contributed by atoms with Crippen LogP contribution >= 0.6 is 11.3 Å². The molecular formula is C26H20F3NO4S. The third kappa shape index (κ3) is 3.99. The van der Waals surface area contributed by atoms with E-state index in [9.17, 15) is 27.9 Å². The molecule has 0 aliphatic carbocycles. The molecule has 3 heterocycles. The van der Waals surface area contributed by atoms with Crippen LogP contribution in [0.2, 0.25) is 0 Å². The van der Waals surface area contributed by atoms with Crippen LogP contribution in [0.15, 0.2) is 59.5 Å². The number of anilines is 1. The summed E-state index contributed by atoms with van der Waals surface area (Å²) < 4.78 is 45.8. The summed E-state index contributed by atoms with van der Waals surface area (Å²) in [6.45, 7) is 2.38. The number of fused-ring (bicyclic) bond motifs is 1. The summed E-state index contributed by atoms with van der Waals surface area (Å²) in [5, 5.41) is 13.1. The minimum atomic E-state index is -4.62. The largest absolute Gasteiger partial charge is 0.507 e. The minimum Gasteiger partial charge on any atom is -0.507 e. The van der Waals surface area contributed by atoms with Gasteiger partial charge in [0, 0.05) is 16.1 Å². The summed E-state index contributed by atoms with van der Waals surface area (Å²) in [5.74, 6) is -1.62. The van der Waals surface area contributed by atoms with Crippen LogP contribution in [0, 0.1) is 6.92 Å². The monoisotopic (exact) mass is 499 g/mol. The van der Waals surface area contributed by atoms with Gasteiger partial charge >= 0.3 is 6.18 Å². The quantitative estimate of drug-likeness (QED) is 0.272. The molecule has 1 fully saturated rings. The second kappa shape index (κ2) is 8.57. The van der Waals surface area contributed by atoms with Crippen molar-refractivity contribution in [1.82, 2.24) is 0 Å². The van der Waals surface area contributed by atoms with Gasteiger partial charge in [0.1, 0.15) is 17.6 Å². The third-order valence-corrected chi connectivity index (χ3v) is 7.30. The third-order valence-electron chi connectivity index (χ3n) is 6.23. The standard InChI is InChI=1S/C26H20F3NO4S/c1-14-9-11-35-24(14)21-20(22(31)16-7-8-19-15(12-16)4-3-10-34-19)23(32)25(33)30(21)18-6-2-5-17(13-18)26(27,28)29/h2,5-9,11-13,21,31H,3-4,10H2,1H3/b22-20-. The van der Waals surface area contributed by atoms with Crippen molar-refractivity contribution in [1.29, 1.82) is 0 Å². The number of hydrogen-bond donors (Lipinski definition) is 1. The van der Waals surface area contributed by atoms with Crippen LogP contribution in [0.4, 0.5) is 18.9 Å². The number of ketones is 1. The first-order chi connectivity index (χ1) is 16.7. The van der Waals surface area contributed by atoms with Gasteiger partial charge < -0.3 is 9.84 Å². The van der Waals surface area contributed by atoms with Crippen molar-refractivity contribution in [2.75, 3.05) is 11.5 Å². The van der Waals surface area contributed by atoms with Gasteiger partial charge in [-0.3, -0.25) is 14.5 Å². The summed E-state index contributed by atoms with van der Waals surface area (Å²) >= 11 is 1.26. The Hall–Kier alpha value is -3.59. The Morgan fingerprint density at radius 2 is 1.94 bits per heavy atom. The molecule has 1 saturated heterocycles. The summed E-state index contributed by atoms with van der Waals surface area (Å²) in [6, 6.07) is 10.1. The Bertz CT molecular complexity index is 1370. The molecule has 0 saturated carbocycles. The number of alkyl halides is 3. The predicted molar refractivity (Wildman–Crippen MR) is 126 cm³/mol. The van der Waals surface area contributed by atoms with Gasteiger partial charge in [0.2, 0.25) is 0 Å². The Morgan fingerprint density at radius 1 is 1.14 bits per heavy atom. The molecule has 5 rings (SSSR count). The first-order valence-corrected chi connectivity index (χ1v) is 11.8. The zero-order valence-electron chi connectivity index (χ0n) is 18.6. The second-order valence-electron chi connectivity index (χ2n) is 8.46. The lowest BCUT2D eigenvalue weighted by atomic mass is 9.96. The molecule has 1 aromatic heterocycles. The molecule has 9 heteroatoms. The maximum Gasteiger partial charge on any atom is 0.416 e. The van der Waals surface area contributed by atoms with Crippen molar-refractivity contribution >= 4 is 34.5 Å². The molecule has 2 aliphatic rings. The van der Waals surface area contributed by atoms with E-state index in [0.717, 1.165) is 41.0 Å². The van der Waals surface area contributed by atoms with Gasteiger partial charge in [-0.15, -0.1) is 11.3 Å². The van der Waals surface area contributed by atoms with E-state index in [1.807, 2.05) is 0 Å². The van der Waals surface area contributed by atoms with Gasteiger partial charge in [0.15, 0.2) is 0 Å². The molecule has 2 aromatic carbocycles. The Kier molecular flexibility index (Phi) is 5.67. The molecule has 1 atom stereocenters. The molecule has 3 aromatic rings. The van der Waals surface area contributed by atoms with Crippen molar-refractivity contribution < 1.29 is 32.6 Å². The van der Waals surface area contributed by atoms with Crippen molar-refractivity contribution in [3.05, 3.63) is 86.6 Å². The van der Waals surface area contributed by atoms with Gasteiger partial charge in [-0.25, -0.2) is 0 Å². The highest BCUT2D eigenvalue weighted by Gasteiger charge is 2.48. The van der Waals surface area contributed by atoms with Crippen molar-refractivity contribution in [2.24, 2.45) is 0 Å². The number of aliphatic hydroxyl groups is 1.